The van der Waals surface area contributed by atoms with Gasteiger partial charge in [0.1, 0.15) is 10.6 Å². The van der Waals surface area contributed by atoms with Crippen LogP contribution in [0.3, 0.4) is 0 Å². The highest BCUT2D eigenvalue weighted by Gasteiger charge is 2.21. The number of hydrogen-bond donors (Lipinski definition) is 0. The molecule has 0 saturated heterocycles. The van der Waals surface area contributed by atoms with Gasteiger partial charge in [-0.2, -0.15) is 4.98 Å². The summed E-state index contributed by atoms with van der Waals surface area (Å²) in [5, 5.41) is 3.30. The molecule has 0 N–H and O–H groups in total. The normalized spacial score (nSPS) is 11.0. The van der Waals surface area contributed by atoms with Crippen LogP contribution in [0.15, 0.2) is 47.8 Å². The lowest BCUT2D eigenvalue weighted by atomic mass is 10.0. The van der Waals surface area contributed by atoms with Crippen LogP contribution in [-0.4, -0.2) is 30.7 Å². The second-order valence-electron chi connectivity index (χ2n) is 6.80. The topological polar surface area (TPSA) is 47.5 Å². The first-order valence-corrected chi connectivity index (χ1v) is 10.8. The third-order valence-corrected chi connectivity index (χ3v) is 6.01. The Morgan fingerprint density at radius 2 is 1.83 bits per heavy atom. The van der Waals surface area contributed by atoms with Gasteiger partial charge in [0, 0.05) is 23.2 Å². The fourth-order valence-corrected chi connectivity index (χ4v) is 4.72. The Morgan fingerprint density at radius 3 is 2.53 bits per heavy atom. The number of methoxy groups -OCH3 is 2. The quantitative estimate of drug-likeness (QED) is 0.321. The number of nitrogens with zero attached hydrogens (tertiary/aromatic N) is 3. The van der Waals surface area contributed by atoms with E-state index in [4.69, 9.17) is 21.1 Å². The van der Waals surface area contributed by atoms with Gasteiger partial charge in [-0.1, -0.05) is 18.2 Å². The standard InChI is InChI=1S/C23H22ClN3O2S/c1-5-27(16-8-6-7-14(2)11-16)21-20-17(13-30-22(20)26-23(24)25-21)15-9-10-18(28-3)19(12-15)29-4/h6-13H,5H2,1-4H3. The summed E-state index contributed by atoms with van der Waals surface area (Å²) in [6, 6.07) is 14.3. The average molecular weight is 440 g/mol. The first-order valence-electron chi connectivity index (χ1n) is 9.57. The van der Waals surface area contributed by atoms with Crippen LogP contribution < -0.4 is 14.4 Å². The van der Waals surface area contributed by atoms with Crippen molar-refractivity contribution >= 4 is 44.7 Å². The lowest BCUT2D eigenvalue weighted by Gasteiger charge is -2.24. The van der Waals surface area contributed by atoms with Crippen LogP contribution in [-0.2, 0) is 0 Å². The van der Waals surface area contributed by atoms with E-state index in [1.807, 2.05) is 18.2 Å². The van der Waals surface area contributed by atoms with Gasteiger partial charge in [0.05, 0.1) is 19.6 Å². The van der Waals surface area contributed by atoms with E-state index < -0.39 is 0 Å². The highest BCUT2D eigenvalue weighted by molar-refractivity contribution is 7.17. The third kappa shape index (κ3) is 3.68. The molecule has 30 heavy (non-hydrogen) atoms. The van der Waals surface area contributed by atoms with Gasteiger partial charge in [-0.15, -0.1) is 11.3 Å². The highest BCUT2D eigenvalue weighted by atomic mass is 35.5. The van der Waals surface area contributed by atoms with E-state index in [1.54, 1.807) is 25.6 Å². The summed E-state index contributed by atoms with van der Waals surface area (Å²) in [4.78, 5) is 12.1. The van der Waals surface area contributed by atoms with Crippen LogP contribution >= 0.6 is 22.9 Å². The molecule has 0 radical (unpaired) electrons. The van der Waals surface area contributed by atoms with Gasteiger partial charge >= 0.3 is 0 Å². The van der Waals surface area contributed by atoms with Gasteiger partial charge in [0.2, 0.25) is 5.28 Å². The smallest absolute Gasteiger partial charge is 0.225 e. The number of benzene rings is 2. The molecule has 0 saturated carbocycles. The molecule has 0 aliphatic heterocycles. The number of fused-ring (bicyclic) bond motifs is 1. The van der Waals surface area contributed by atoms with Gasteiger partial charge in [-0.25, -0.2) is 4.98 Å². The monoisotopic (exact) mass is 439 g/mol. The minimum atomic E-state index is 0.240. The van der Waals surface area contributed by atoms with Gasteiger partial charge in [0.15, 0.2) is 11.5 Å². The summed E-state index contributed by atoms with van der Waals surface area (Å²) < 4.78 is 10.9. The fourth-order valence-electron chi connectivity index (χ4n) is 3.56. The summed E-state index contributed by atoms with van der Waals surface area (Å²) in [5.41, 5.74) is 4.30. The molecule has 2 aromatic carbocycles. The molecule has 5 nitrogen and oxygen atoms in total. The second kappa shape index (κ2) is 8.50. The number of anilines is 2. The Morgan fingerprint density at radius 1 is 1.03 bits per heavy atom. The van der Waals surface area contributed by atoms with E-state index in [9.17, 15) is 0 Å². The van der Waals surface area contributed by atoms with Crippen LogP contribution in [0.5, 0.6) is 11.5 Å². The van der Waals surface area contributed by atoms with Gasteiger partial charge < -0.3 is 14.4 Å². The van der Waals surface area contributed by atoms with Crippen molar-refractivity contribution in [2.75, 3.05) is 25.7 Å². The Hall–Kier alpha value is -2.83. The molecule has 0 atom stereocenters. The van der Waals surface area contributed by atoms with E-state index in [0.717, 1.165) is 39.4 Å². The lowest BCUT2D eigenvalue weighted by Crippen LogP contribution is -2.18. The van der Waals surface area contributed by atoms with Crippen molar-refractivity contribution in [3.8, 4) is 22.6 Å². The number of aromatic nitrogens is 2. The van der Waals surface area contributed by atoms with Crippen LogP contribution in [0.1, 0.15) is 12.5 Å². The number of rotatable bonds is 6. The summed E-state index contributed by atoms with van der Waals surface area (Å²) in [7, 11) is 3.27. The van der Waals surface area contributed by atoms with Crippen LogP contribution in [0, 0.1) is 6.92 Å². The highest BCUT2D eigenvalue weighted by Crippen LogP contribution is 2.42. The molecule has 2 aromatic heterocycles. The van der Waals surface area contributed by atoms with Crippen LogP contribution in [0.2, 0.25) is 5.28 Å². The zero-order valence-corrected chi connectivity index (χ0v) is 18.8. The predicted molar refractivity (Wildman–Crippen MR) is 125 cm³/mol. The van der Waals surface area contributed by atoms with Gasteiger partial charge in [-0.05, 0) is 60.8 Å². The van der Waals surface area contributed by atoms with Crippen molar-refractivity contribution in [3.63, 3.8) is 0 Å². The molecule has 0 aliphatic carbocycles. The maximum atomic E-state index is 6.31. The van der Waals surface area contributed by atoms with E-state index in [2.05, 4.69) is 58.4 Å². The summed E-state index contributed by atoms with van der Waals surface area (Å²) in [5.74, 6) is 2.16. The molecular weight excluding hydrogens is 418 g/mol. The number of thiophene rings is 1. The Bertz CT molecular complexity index is 1210. The number of hydrogen-bond acceptors (Lipinski definition) is 6. The van der Waals surface area contributed by atoms with Crippen molar-refractivity contribution in [1.29, 1.82) is 0 Å². The zero-order chi connectivity index (χ0) is 21.3. The maximum Gasteiger partial charge on any atom is 0.225 e. The maximum absolute atomic E-state index is 6.31. The fraction of sp³-hybridized carbons (Fsp3) is 0.217. The molecular formula is C23H22ClN3O2S. The first kappa shape index (κ1) is 20.4. The minimum absolute atomic E-state index is 0.240. The molecule has 4 aromatic rings. The molecule has 4 rings (SSSR count). The lowest BCUT2D eigenvalue weighted by molar-refractivity contribution is 0.355. The summed E-state index contributed by atoms with van der Waals surface area (Å²) >= 11 is 7.86. The average Bonchev–Trinajstić information content (AvgIpc) is 3.17. The summed E-state index contributed by atoms with van der Waals surface area (Å²) in [6.45, 7) is 4.93. The molecule has 0 fully saturated rings. The summed E-state index contributed by atoms with van der Waals surface area (Å²) in [6.07, 6.45) is 0. The van der Waals surface area contributed by atoms with Crippen molar-refractivity contribution in [3.05, 3.63) is 58.7 Å². The molecule has 0 aliphatic rings. The van der Waals surface area contributed by atoms with Crippen molar-refractivity contribution in [2.24, 2.45) is 0 Å². The molecule has 0 amide bonds. The molecule has 0 bridgehead atoms. The Kier molecular flexibility index (Phi) is 5.79. The van der Waals surface area contributed by atoms with Gasteiger partial charge in [0.25, 0.3) is 0 Å². The van der Waals surface area contributed by atoms with Crippen LogP contribution in [0.4, 0.5) is 11.5 Å². The van der Waals surface area contributed by atoms with E-state index in [1.165, 1.54) is 5.56 Å². The second-order valence-corrected chi connectivity index (χ2v) is 7.99. The molecule has 7 heteroatoms. The van der Waals surface area contributed by atoms with E-state index in [-0.39, 0.29) is 5.28 Å². The van der Waals surface area contributed by atoms with Crippen molar-refractivity contribution in [2.45, 2.75) is 13.8 Å². The molecule has 154 valence electrons. The largest absolute Gasteiger partial charge is 0.493 e. The zero-order valence-electron chi connectivity index (χ0n) is 17.3. The number of halogens is 1. The van der Waals surface area contributed by atoms with E-state index >= 15 is 0 Å². The molecule has 2 heterocycles. The Balaban J connectivity index is 1.94. The SMILES string of the molecule is CCN(c1cccc(C)c1)c1nc(Cl)nc2scc(-c3ccc(OC)c(OC)c3)c12. The van der Waals surface area contributed by atoms with E-state index in [0.29, 0.717) is 11.5 Å². The molecule has 0 spiro atoms. The predicted octanol–water partition coefficient (Wildman–Crippen LogP) is 6.50. The van der Waals surface area contributed by atoms with Gasteiger partial charge in [-0.3, -0.25) is 0 Å². The Labute approximate surface area is 184 Å². The number of aryl methyl sites for hydroxylation is 1. The van der Waals surface area contributed by atoms with Crippen LogP contribution in [0.25, 0.3) is 21.3 Å². The van der Waals surface area contributed by atoms with Crippen molar-refractivity contribution < 1.29 is 9.47 Å². The minimum Gasteiger partial charge on any atom is -0.493 e. The van der Waals surface area contributed by atoms with Crippen molar-refractivity contribution in [1.82, 2.24) is 9.97 Å². The molecule has 0 unspecified atom stereocenters. The first-order chi connectivity index (χ1) is 14.5. The number of ether oxygens (including phenoxy) is 2. The third-order valence-electron chi connectivity index (χ3n) is 4.97.